The summed E-state index contributed by atoms with van der Waals surface area (Å²) in [6.07, 6.45) is 3.66. The van der Waals surface area contributed by atoms with E-state index in [-0.39, 0.29) is 11.9 Å². The molecule has 1 aromatic heterocycles. The summed E-state index contributed by atoms with van der Waals surface area (Å²) in [7, 11) is 2.00. The smallest absolute Gasteiger partial charge is 0.174 e. The van der Waals surface area contributed by atoms with Crippen LogP contribution >= 0.6 is 0 Å². The fraction of sp³-hybridized carbons (Fsp3) is 0.600. The van der Waals surface area contributed by atoms with E-state index in [0.717, 1.165) is 43.1 Å². The maximum atomic E-state index is 9.00. The minimum absolute atomic E-state index is 0.0893. The molecular weight excluding hydrogens is 268 g/mol. The van der Waals surface area contributed by atoms with Gasteiger partial charge in [0.15, 0.2) is 5.84 Å². The van der Waals surface area contributed by atoms with Crippen molar-refractivity contribution in [3.05, 3.63) is 23.0 Å². The number of hydrogen-bond acceptors (Lipinski definition) is 5. The number of likely N-dealkylation sites (N-methyl/N-ethyl adjacent to an activating group) is 1. The predicted molar refractivity (Wildman–Crippen MR) is 83.1 cm³/mol. The van der Waals surface area contributed by atoms with E-state index in [2.05, 4.69) is 15.0 Å². The monoisotopic (exact) mass is 292 g/mol. The number of pyridine rings is 1. The topological polar surface area (TPSA) is 84.0 Å². The number of anilines is 1. The van der Waals surface area contributed by atoms with Crippen LogP contribution in [0, 0.1) is 13.8 Å². The molecule has 1 aromatic rings. The second kappa shape index (κ2) is 6.76. The molecule has 1 saturated heterocycles. The van der Waals surface area contributed by atoms with Gasteiger partial charge in [-0.2, -0.15) is 0 Å². The molecule has 0 aliphatic carbocycles. The highest BCUT2D eigenvalue weighted by atomic mass is 16.5. The third kappa shape index (κ3) is 3.64. The van der Waals surface area contributed by atoms with E-state index in [1.165, 1.54) is 6.42 Å². The summed E-state index contributed by atoms with van der Waals surface area (Å²) < 4.78 is 5.79. The Kier molecular flexibility index (Phi) is 5.01. The molecule has 2 heterocycles. The Balaban J connectivity index is 2.28. The Bertz CT molecular complexity index is 525. The van der Waals surface area contributed by atoms with Gasteiger partial charge in [0.25, 0.3) is 0 Å². The molecule has 2 rings (SSSR count). The first-order valence-electron chi connectivity index (χ1n) is 7.31. The number of aryl methyl sites for hydroxylation is 2. The molecule has 116 valence electrons. The van der Waals surface area contributed by atoms with Gasteiger partial charge in [-0.15, -0.1) is 0 Å². The van der Waals surface area contributed by atoms with Gasteiger partial charge in [-0.3, -0.25) is 4.98 Å². The molecular formula is C15H24N4O2. The Labute approximate surface area is 125 Å². The molecule has 1 atom stereocenters. The average molecular weight is 292 g/mol. The van der Waals surface area contributed by atoms with Gasteiger partial charge >= 0.3 is 0 Å². The highest BCUT2D eigenvalue weighted by Gasteiger charge is 2.20. The third-order valence-electron chi connectivity index (χ3n) is 3.83. The summed E-state index contributed by atoms with van der Waals surface area (Å²) in [6, 6.07) is 1.96. The van der Waals surface area contributed by atoms with Crippen molar-refractivity contribution >= 4 is 11.5 Å². The first-order chi connectivity index (χ1) is 10.0. The van der Waals surface area contributed by atoms with Crippen LogP contribution in [0.4, 0.5) is 5.69 Å². The second-order valence-corrected chi connectivity index (χ2v) is 5.60. The zero-order valence-corrected chi connectivity index (χ0v) is 13.0. The fourth-order valence-electron chi connectivity index (χ4n) is 2.83. The summed E-state index contributed by atoms with van der Waals surface area (Å²) in [4.78, 5) is 6.50. The quantitative estimate of drug-likeness (QED) is 0.382. The van der Waals surface area contributed by atoms with Gasteiger partial charge < -0.3 is 20.6 Å². The van der Waals surface area contributed by atoms with Crippen LogP contribution in [0.25, 0.3) is 0 Å². The molecule has 0 bridgehead atoms. The van der Waals surface area contributed by atoms with Crippen LogP contribution in [0.3, 0.4) is 0 Å². The zero-order valence-electron chi connectivity index (χ0n) is 13.0. The highest BCUT2D eigenvalue weighted by Crippen LogP contribution is 2.24. The third-order valence-corrected chi connectivity index (χ3v) is 3.83. The molecule has 1 unspecified atom stereocenters. The molecule has 21 heavy (non-hydrogen) atoms. The van der Waals surface area contributed by atoms with Crippen molar-refractivity contribution in [1.29, 1.82) is 0 Å². The fourth-order valence-corrected chi connectivity index (χ4v) is 2.83. The molecule has 0 radical (unpaired) electrons. The maximum absolute atomic E-state index is 9.00. The Hall–Kier alpha value is -1.82. The molecule has 1 aliphatic heterocycles. The van der Waals surface area contributed by atoms with E-state index in [4.69, 9.17) is 15.7 Å². The molecule has 6 heteroatoms. The van der Waals surface area contributed by atoms with Crippen LogP contribution < -0.4 is 10.6 Å². The SMILES string of the molecule is Cc1cc(N(C)CC2CCCCO2)c(/C(N)=N/O)c(C)n1. The van der Waals surface area contributed by atoms with Crippen molar-refractivity contribution < 1.29 is 9.94 Å². The Morgan fingerprint density at radius 3 is 2.90 bits per heavy atom. The molecule has 3 N–H and O–H groups in total. The predicted octanol–water partition coefficient (Wildman–Crippen LogP) is 1.80. The van der Waals surface area contributed by atoms with E-state index in [1.807, 2.05) is 27.0 Å². The largest absolute Gasteiger partial charge is 0.409 e. The van der Waals surface area contributed by atoms with Crippen LogP contribution in [0.1, 0.15) is 36.2 Å². The van der Waals surface area contributed by atoms with Crippen molar-refractivity contribution in [2.75, 3.05) is 25.1 Å². The lowest BCUT2D eigenvalue weighted by Crippen LogP contribution is -2.35. The van der Waals surface area contributed by atoms with Crippen LogP contribution in [0.5, 0.6) is 0 Å². The number of ether oxygens (including phenoxy) is 1. The standard InChI is InChI=1S/C15H24N4O2/c1-10-8-13(14(11(2)17-10)15(16)18-20)19(3)9-12-6-4-5-7-21-12/h8,12,20H,4-7,9H2,1-3H3,(H2,16,18). The Morgan fingerprint density at radius 2 is 2.29 bits per heavy atom. The number of hydrogen-bond donors (Lipinski definition) is 2. The lowest BCUT2D eigenvalue weighted by Gasteiger charge is -2.30. The number of rotatable bonds is 4. The summed E-state index contributed by atoms with van der Waals surface area (Å²) in [6.45, 7) is 5.43. The number of nitrogens with zero attached hydrogens (tertiary/aromatic N) is 3. The van der Waals surface area contributed by atoms with E-state index < -0.39 is 0 Å². The number of amidine groups is 1. The van der Waals surface area contributed by atoms with Gasteiger partial charge in [-0.25, -0.2) is 0 Å². The lowest BCUT2D eigenvalue weighted by atomic mass is 10.1. The maximum Gasteiger partial charge on any atom is 0.174 e. The zero-order chi connectivity index (χ0) is 15.4. The first-order valence-corrected chi connectivity index (χ1v) is 7.31. The molecule has 6 nitrogen and oxygen atoms in total. The van der Waals surface area contributed by atoms with E-state index >= 15 is 0 Å². The van der Waals surface area contributed by atoms with Gasteiger partial charge in [0, 0.05) is 25.9 Å². The van der Waals surface area contributed by atoms with Gasteiger partial charge in [-0.05, 0) is 39.2 Å². The van der Waals surface area contributed by atoms with E-state index in [1.54, 1.807) is 0 Å². The molecule has 0 amide bonds. The number of nitrogens with two attached hydrogens (primary N) is 1. The molecule has 0 aromatic carbocycles. The highest BCUT2D eigenvalue weighted by molar-refractivity contribution is 6.03. The molecule has 0 saturated carbocycles. The van der Waals surface area contributed by atoms with E-state index in [0.29, 0.717) is 5.56 Å². The van der Waals surface area contributed by atoms with Gasteiger partial charge in [0.2, 0.25) is 0 Å². The molecule has 1 aliphatic rings. The number of aromatic nitrogens is 1. The second-order valence-electron chi connectivity index (χ2n) is 5.60. The normalized spacial score (nSPS) is 19.6. The van der Waals surface area contributed by atoms with Crippen LogP contribution in [0.2, 0.25) is 0 Å². The molecule has 1 fully saturated rings. The summed E-state index contributed by atoms with van der Waals surface area (Å²) >= 11 is 0. The van der Waals surface area contributed by atoms with E-state index in [9.17, 15) is 0 Å². The summed E-state index contributed by atoms with van der Waals surface area (Å²) in [5.74, 6) is 0.0893. The van der Waals surface area contributed by atoms with Crippen molar-refractivity contribution in [3.8, 4) is 0 Å². The summed E-state index contributed by atoms with van der Waals surface area (Å²) in [5.41, 5.74) is 9.09. The molecule has 0 spiro atoms. The van der Waals surface area contributed by atoms with Gasteiger partial charge in [0.05, 0.1) is 23.0 Å². The van der Waals surface area contributed by atoms with Crippen LogP contribution in [0.15, 0.2) is 11.2 Å². The summed E-state index contributed by atoms with van der Waals surface area (Å²) in [5, 5.41) is 12.1. The van der Waals surface area contributed by atoms with Gasteiger partial charge in [-0.1, -0.05) is 5.16 Å². The van der Waals surface area contributed by atoms with Crippen LogP contribution in [-0.2, 0) is 4.74 Å². The Morgan fingerprint density at radius 1 is 1.52 bits per heavy atom. The lowest BCUT2D eigenvalue weighted by molar-refractivity contribution is 0.0216. The van der Waals surface area contributed by atoms with Crippen molar-refractivity contribution in [2.45, 2.75) is 39.2 Å². The van der Waals surface area contributed by atoms with Crippen LogP contribution in [-0.4, -0.2) is 42.3 Å². The van der Waals surface area contributed by atoms with Gasteiger partial charge in [0.1, 0.15) is 0 Å². The number of oxime groups is 1. The first kappa shape index (κ1) is 15.6. The minimum Gasteiger partial charge on any atom is -0.409 e. The average Bonchev–Trinajstić information content (AvgIpc) is 2.46. The van der Waals surface area contributed by atoms with Crippen molar-refractivity contribution in [2.24, 2.45) is 10.9 Å². The van der Waals surface area contributed by atoms with Crippen molar-refractivity contribution in [1.82, 2.24) is 4.98 Å². The van der Waals surface area contributed by atoms with Crippen molar-refractivity contribution in [3.63, 3.8) is 0 Å². The minimum atomic E-state index is 0.0893.